The maximum atomic E-state index is 12.6. The van der Waals surface area contributed by atoms with Gasteiger partial charge < -0.3 is 5.11 Å². The average molecular weight is 447 g/mol. The predicted octanol–water partition coefficient (Wildman–Crippen LogP) is 5.56. The minimum atomic E-state index is -0.765. The lowest BCUT2D eigenvalue weighted by Gasteiger charge is -2.21. The van der Waals surface area contributed by atoms with E-state index in [-0.39, 0.29) is 11.8 Å². The van der Waals surface area contributed by atoms with Gasteiger partial charge in [0.1, 0.15) is 0 Å². The van der Waals surface area contributed by atoms with Gasteiger partial charge in [0, 0.05) is 16.5 Å². The quantitative estimate of drug-likeness (QED) is 0.549. The third-order valence-corrected chi connectivity index (χ3v) is 6.48. The Balaban J connectivity index is 1.48. The molecule has 8 heteroatoms. The molecule has 1 unspecified atom stereocenters. The molecule has 4 rings (SSSR count). The number of fused-ring (bicyclic) bond motifs is 1. The molecule has 29 heavy (non-hydrogen) atoms. The normalized spacial score (nSPS) is 15.6. The number of aromatic nitrogens is 1. The number of thiazole rings is 1. The number of rotatable bonds is 4. The molecule has 0 saturated heterocycles. The highest BCUT2D eigenvalue weighted by atomic mass is 35.5. The Morgan fingerprint density at radius 1 is 1.10 bits per heavy atom. The van der Waals surface area contributed by atoms with Crippen LogP contribution in [0.5, 0.6) is 0 Å². The van der Waals surface area contributed by atoms with Crippen molar-refractivity contribution >= 4 is 51.5 Å². The van der Waals surface area contributed by atoms with E-state index in [0.717, 1.165) is 16.7 Å². The molecular formula is C21H16Cl2N2O3S. The highest BCUT2D eigenvalue weighted by Gasteiger charge is 2.25. The highest BCUT2D eigenvalue weighted by Crippen LogP contribution is 2.31. The lowest BCUT2D eigenvalue weighted by atomic mass is 9.83. The maximum Gasteiger partial charge on any atom is 0.306 e. The maximum absolute atomic E-state index is 12.6. The molecule has 0 saturated carbocycles. The number of halogens is 2. The molecule has 0 aliphatic heterocycles. The minimum absolute atomic E-state index is 0.247. The summed E-state index contributed by atoms with van der Waals surface area (Å²) >= 11 is 13.3. The van der Waals surface area contributed by atoms with Crippen LogP contribution in [0.25, 0.3) is 11.3 Å². The van der Waals surface area contributed by atoms with Crippen LogP contribution in [0.4, 0.5) is 5.13 Å². The molecule has 2 N–H and O–H groups in total. The number of aryl methyl sites for hydroxylation is 1. The second-order valence-corrected chi connectivity index (χ2v) is 8.55. The summed E-state index contributed by atoms with van der Waals surface area (Å²) in [4.78, 5) is 28.3. The number of nitrogens with zero attached hydrogens (tertiary/aromatic N) is 1. The van der Waals surface area contributed by atoms with Gasteiger partial charge in [-0.2, -0.15) is 0 Å². The number of carboxylic acid groups (broad SMARTS) is 1. The number of carbonyl (C=O) groups excluding carboxylic acids is 1. The van der Waals surface area contributed by atoms with E-state index in [9.17, 15) is 14.7 Å². The molecule has 1 aliphatic rings. The molecule has 1 amide bonds. The Hall–Kier alpha value is -2.41. The van der Waals surface area contributed by atoms with E-state index in [4.69, 9.17) is 23.2 Å². The van der Waals surface area contributed by atoms with E-state index in [1.165, 1.54) is 11.3 Å². The smallest absolute Gasteiger partial charge is 0.306 e. The van der Waals surface area contributed by atoms with E-state index in [0.29, 0.717) is 45.7 Å². The monoisotopic (exact) mass is 446 g/mol. The van der Waals surface area contributed by atoms with Crippen molar-refractivity contribution < 1.29 is 14.7 Å². The van der Waals surface area contributed by atoms with E-state index in [2.05, 4.69) is 10.3 Å². The lowest BCUT2D eigenvalue weighted by molar-refractivity contribution is -0.142. The van der Waals surface area contributed by atoms with Crippen LogP contribution in [0.3, 0.4) is 0 Å². The van der Waals surface area contributed by atoms with E-state index < -0.39 is 5.97 Å². The van der Waals surface area contributed by atoms with Crippen molar-refractivity contribution in [3.63, 3.8) is 0 Å². The zero-order chi connectivity index (χ0) is 20.5. The summed E-state index contributed by atoms with van der Waals surface area (Å²) in [5.41, 5.74) is 4.08. The molecule has 0 fully saturated rings. The van der Waals surface area contributed by atoms with Crippen molar-refractivity contribution in [1.29, 1.82) is 0 Å². The molecule has 2 aromatic carbocycles. The van der Waals surface area contributed by atoms with Crippen LogP contribution in [-0.4, -0.2) is 22.0 Å². The first-order valence-corrected chi connectivity index (χ1v) is 10.6. The number of anilines is 1. The Kier molecular flexibility index (Phi) is 5.58. The SMILES string of the molecule is O=C(Nc1nc(-c2ccc(Cl)c(Cl)c2)cs1)c1ccc2c(c1)CCC(C(=O)O)C2. The number of amides is 1. The summed E-state index contributed by atoms with van der Waals surface area (Å²) in [6.45, 7) is 0. The Bertz CT molecular complexity index is 1110. The van der Waals surface area contributed by atoms with Crippen molar-refractivity contribution in [2.24, 2.45) is 5.92 Å². The van der Waals surface area contributed by atoms with Gasteiger partial charge in [-0.05, 0) is 54.7 Å². The number of carboxylic acids is 1. The van der Waals surface area contributed by atoms with Gasteiger partial charge in [-0.1, -0.05) is 35.3 Å². The number of hydrogen-bond donors (Lipinski definition) is 2. The second-order valence-electron chi connectivity index (χ2n) is 6.88. The molecular weight excluding hydrogens is 431 g/mol. The Morgan fingerprint density at radius 2 is 1.93 bits per heavy atom. The van der Waals surface area contributed by atoms with Crippen molar-refractivity contribution in [2.75, 3.05) is 5.32 Å². The van der Waals surface area contributed by atoms with Gasteiger partial charge in [0.25, 0.3) is 5.91 Å². The first-order chi connectivity index (χ1) is 13.9. The summed E-state index contributed by atoms with van der Waals surface area (Å²) in [6, 6.07) is 10.7. The fraction of sp³-hybridized carbons (Fsp3) is 0.190. The van der Waals surface area contributed by atoms with Crippen LogP contribution in [0.1, 0.15) is 27.9 Å². The molecule has 0 spiro atoms. The standard InChI is InChI=1S/C21H16Cl2N2O3S/c22-16-6-5-13(9-17(16)23)18-10-29-21(24-18)25-19(26)14-3-1-12-8-15(20(27)28)4-2-11(12)7-14/h1,3,5-7,9-10,15H,2,4,8H2,(H,27,28)(H,24,25,26). The van der Waals surface area contributed by atoms with Crippen LogP contribution < -0.4 is 5.32 Å². The lowest BCUT2D eigenvalue weighted by Crippen LogP contribution is -2.22. The van der Waals surface area contributed by atoms with Crippen molar-refractivity contribution in [3.05, 3.63) is 68.5 Å². The Morgan fingerprint density at radius 3 is 2.69 bits per heavy atom. The van der Waals surface area contributed by atoms with E-state index in [1.807, 2.05) is 23.6 Å². The molecule has 0 radical (unpaired) electrons. The Labute approximate surface area is 181 Å². The fourth-order valence-electron chi connectivity index (χ4n) is 3.40. The van der Waals surface area contributed by atoms with Crippen LogP contribution in [-0.2, 0) is 17.6 Å². The summed E-state index contributed by atoms with van der Waals surface area (Å²) in [5.74, 6) is -1.36. The molecule has 1 aliphatic carbocycles. The molecule has 1 atom stereocenters. The van der Waals surface area contributed by atoms with Gasteiger partial charge >= 0.3 is 5.97 Å². The molecule has 5 nitrogen and oxygen atoms in total. The number of hydrogen-bond acceptors (Lipinski definition) is 4. The minimum Gasteiger partial charge on any atom is -0.481 e. The summed E-state index contributed by atoms with van der Waals surface area (Å²) in [6.07, 6.45) is 1.76. The third kappa shape index (κ3) is 4.29. The van der Waals surface area contributed by atoms with Gasteiger partial charge in [-0.25, -0.2) is 4.98 Å². The van der Waals surface area contributed by atoms with Crippen LogP contribution in [0.2, 0.25) is 10.0 Å². The molecule has 0 bridgehead atoms. The molecule has 148 valence electrons. The van der Waals surface area contributed by atoms with Gasteiger partial charge in [-0.3, -0.25) is 14.9 Å². The van der Waals surface area contributed by atoms with Gasteiger partial charge in [0.05, 0.1) is 21.7 Å². The zero-order valence-electron chi connectivity index (χ0n) is 15.1. The summed E-state index contributed by atoms with van der Waals surface area (Å²) < 4.78 is 0. The molecule has 1 aromatic heterocycles. The van der Waals surface area contributed by atoms with Crippen LogP contribution in [0.15, 0.2) is 41.8 Å². The van der Waals surface area contributed by atoms with E-state index in [1.54, 1.807) is 18.2 Å². The largest absolute Gasteiger partial charge is 0.481 e. The summed E-state index contributed by atoms with van der Waals surface area (Å²) in [5, 5.41) is 15.3. The molecule has 3 aromatic rings. The average Bonchev–Trinajstić information content (AvgIpc) is 3.17. The summed E-state index contributed by atoms with van der Waals surface area (Å²) in [7, 11) is 0. The first-order valence-electron chi connectivity index (χ1n) is 8.97. The highest BCUT2D eigenvalue weighted by molar-refractivity contribution is 7.14. The number of aliphatic carboxylic acids is 1. The predicted molar refractivity (Wildman–Crippen MR) is 115 cm³/mol. The van der Waals surface area contributed by atoms with Gasteiger partial charge in [-0.15, -0.1) is 11.3 Å². The van der Waals surface area contributed by atoms with Crippen molar-refractivity contribution in [1.82, 2.24) is 4.98 Å². The van der Waals surface area contributed by atoms with Crippen molar-refractivity contribution in [3.8, 4) is 11.3 Å². The van der Waals surface area contributed by atoms with Crippen molar-refractivity contribution in [2.45, 2.75) is 19.3 Å². The van der Waals surface area contributed by atoms with E-state index >= 15 is 0 Å². The number of carbonyl (C=O) groups is 2. The van der Waals surface area contributed by atoms with Gasteiger partial charge in [0.15, 0.2) is 5.13 Å². The van der Waals surface area contributed by atoms with Gasteiger partial charge in [0.2, 0.25) is 0 Å². The first kappa shape index (κ1) is 19.9. The van der Waals surface area contributed by atoms with Crippen LogP contribution in [0, 0.1) is 5.92 Å². The molecule has 1 heterocycles. The third-order valence-electron chi connectivity index (χ3n) is 4.99. The fourth-order valence-corrected chi connectivity index (χ4v) is 4.41. The topological polar surface area (TPSA) is 79.3 Å². The number of benzene rings is 2. The zero-order valence-corrected chi connectivity index (χ0v) is 17.4. The van der Waals surface area contributed by atoms with Crippen LogP contribution >= 0.6 is 34.5 Å². The number of nitrogens with one attached hydrogen (secondary N) is 1. The second kappa shape index (κ2) is 8.14.